The molecule has 1 heterocycles. The van der Waals surface area contributed by atoms with Crippen molar-refractivity contribution in [3.63, 3.8) is 0 Å². The average Bonchev–Trinajstić information content (AvgIpc) is 1.85. The van der Waals surface area contributed by atoms with Crippen LogP contribution in [-0.2, 0) is 9.47 Å². The highest BCUT2D eigenvalue weighted by Crippen LogP contribution is 2.31. The van der Waals surface area contributed by atoms with Gasteiger partial charge in [-0.2, -0.15) is 0 Å². The lowest BCUT2D eigenvalue weighted by molar-refractivity contribution is -0.211. The van der Waals surface area contributed by atoms with E-state index in [0.29, 0.717) is 18.8 Å². The van der Waals surface area contributed by atoms with E-state index in [1.165, 1.54) is 0 Å². The molecule has 11 heavy (non-hydrogen) atoms. The minimum absolute atomic E-state index is 0.173. The second kappa shape index (κ2) is 3.11. The molecule has 0 unspecified atom stereocenters. The molecule has 0 aromatic rings. The smallest absolute Gasteiger partial charge is 0.147 e. The molecule has 0 radical (unpaired) electrons. The van der Waals surface area contributed by atoms with E-state index in [1.54, 1.807) is 0 Å². The molecule has 0 aromatic heterocycles. The van der Waals surface area contributed by atoms with Crippen LogP contribution in [0.1, 0.15) is 27.7 Å². The van der Waals surface area contributed by atoms with Crippen LogP contribution in [0.15, 0.2) is 0 Å². The molecule has 0 amide bonds. The van der Waals surface area contributed by atoms with Gasteiger partial charge < -0.3 is 9.47 Å². The van der Waals surface area contributed by atoms with Crippen molar-refractivity contribution in [1.29, 1.82) is 0 Å². The Hall–Kier alpha value is -0.0800. The molecule has 1 saturated heterocycles. The quantitative estimate of drug-likeness (QED) is 0.581. The number of hydrogen-bond donors (Lipinski definition) is 0. The normalized spacial score (nSPS) is 30.8. The van der Waals surface area contributed by atoms with Crippen LogP contribution in [0.4, 0.5) is 0 Å². The van der Waals surface area contributed by atoms with Crippen LogP contribution in [0.2, 0.25) is 0 Å². The predicted octanol–water partition coefficient (Wildman–Crippen LogP) is 2.04. The average molecular weight is 158 g/mol. The summed E-state index contributed by atoms with van der Waals surface area (Å²) in [6.45, 7) is 10.0. The van der Waals surface area contributed by atoms with Gasteiger partial charge in [-0.3, -0.25) is 0 Å². The molecule has 1 aliphatic heterocycles. The molecule has 1 rings (SSSR count). The summed E-state index contributed by atoms with van der Waals surface area (Å²) in [6.07, 6.45) is 0.344. The molecule has 1 atom stereocenters. The molecular formula is C9H18O2. The minimum Gasteiger partial charge on any atom is -0.355 e. The van der Waals surface area contributed by atoms with Crippen molar-refractivity contribution in [3.8, 4) is 0 Å². The summed E-state index contributed by atoms with van der Waals surface area (Å²) >= 11 is 0. The van der Waals surface area contributed by atoms with E-state index in [-0.39, 0.29) is 5.41 Å². The third kappa shape index (κ3) is 1.94. The van der Waals surface area contributed by atoms with Gasteiger partial charge in [0.15, 0.2) is 0 Å². The zero-order valence-corrected chi connectivity index (χ0v) is 7.89. The molecule has 0 bridgehead atoms. The molecular weight excluding hydrogens is 140 g/mol. The summed E-state index contributed by atoms with van der Waals surface area (Å²) in [7, 11) is 0. The van der Waals surface area contributed by atoms with Gasteiger partial charge in [0.1, 0.15) is 6.79 Å². The van der Waals surface area contributed by atoms with Crippen LogP contribution in [0.5, 0.6) is 0 Å². The van der Waals surface area contributed by atoms with Gasteiger partial charge in [-0.05, 0) is 5.92 Å². The number of ether oxygens (including phenoxy) is 2. The third-order valence-corrected chi connectivity index (χ3v) is 2.18. The van der Waals surface area contributed by atoms with Gasteiger partial charge in [-0.1, -0.05) is 27.7 Å². The Morgan fingerprint density at radius 2 is 2.00 bits per heavy atom. The summed E-state index contributed by atoms with van der Waals surface area (Å²) in [5, 5.41) is 0. The highest BCUT2D eigenvalue weighted by Gasteiger charge is 2.35. The Balaban J connectivity index is 2.60. The Morgan fingerprint density at radius 3 is 2.36 bits per heavy atom. The maximum Gasteiger partial charge on any atom is 0.147 e. The molecule has 1 fully saturated rings. The molecule has 2 nitrogen and oxygen atoms in total. The maximum absolute atomic E-state index is 5.53. The van der Waals surface area contributed by atoms with Gasteiger partial charge in [-0.15, -0.1) is 0 Å². The van der Waals surface area contributed by atoms with E-state index in [1.807, 2.05) is 0 Å². The lowest BCUT2D eigenvalue weighted by Crippen LogP contribution is -2.44. The second-order valence-corrected chi connectivity index (χ2v) is 4.29. The first kappa shape index (κ1) is 9.01. The van der Waals surface area contributed by atoms with Gasteiger partial charge in [0.25, 0.3) is 0 Å². The van der Waals surface area contributed by atoms with E-state index in [9.17, 15) is 0 Å². The van der Waals surface area contributed by atoms with Crippen LogP contribution in [-0.4, -0.2) is 19.5 Å². The van der Waals surface area contributed by atoms with Crippen molar-refractivity contribution in [2.75, 3.05) is 13.4 Å². The van der Waals surface area contributed by atoms with Gasteiger partial charge >= 0.3 is 0 Å². The first-order valence-corrected chi connectivity index (χ1v) is 4.23. The van der Waals surface area contributed by atoms with Gasteiger partial charge in [0, 0.05) is 5.41 Å². The molecule has 0 N–H and O–H groups in total. The Kier molecular flexibility index (Phi) is 2.55. The fourth-order valence-corrected chi connectivity index (χ4v) is 1.83. The van der Waals surface area contributed by atoms with Crippen LogP contribution >= 0.6 is 0 Å². The summed E-state index contributed by atoms with van der Waals surface area (Å²) in [6, 6.07) is 0. The summed E-state index contributed by atoms with van der Waals surface area (Å²) in [5.41, 5.74) is 0.173. The summed E-state index contributed by atoms with van der Waals surface area (Å²) in [5.74, 6) is 0.578. The van der Waals surface area contributed by atoms with Crippen molar-refractivity contribution >= 4 is 0 Å². The Morgan fingerprint density at radius 1 is 1.36 bits per heavy atom. The number of hydrogen-bond acceptors (Lipinski definition) is 2. The molecule has 0 aromatic carbocycles. The van der Waals surface area contributed by atoms with Gasteiger partial charge in [-0.25, -0.2) is 0 Å². The summed E-state index contributed by atoms with van der Waals surface area (Å²) < 4.78 is 10.8. The zero-order valence-electron chi connectivity index (χ0n) is 7.89. The van der Waals surface area contributed by atoms with Crippen LogP contribution in [0.3, 0.4) is 0 Å². The SMILES string of the molecule is CC(C)[C@@H]1OCOCC1(C)C. The van der Waals surface area contributed by atoms with E-state index in [0.717, 1.165) is 6.61 Å². The summed E-state index contributed by atoms with van der Waals surface area (Å²) in [4.78, 5) is 0. The molecule has 0 aliphatic carbocycles. The lowest BCUT2D eigenvalue weighted by atomic mass is 9.81. The fourth-order valence-electron chi connectivity index (χ4n) is 1.83. The monoisotopic (exact) mass is 158 g/mol. The Labute approximate surface area is 68.9 Å². The van der Waals surface area contributed by atoms with E-state index in [4.69, 9.17) is 9.47 Å². The molecule has 0 saturated carbocycles. The van der Waals surface area contributed by atoms with E-state index >= 15 is 0 Å². The third-order valence-electron chi connectivity index (χ3n) is 2.18. The van der Waals surface area contributed by atoms with Crippen molar-refractivity contribution in [3.05, 3.63) is 0 Å². The topological polar surface area (TPSA) is 18.5 Å². The van der Waals surface area contributed by atoms with E-state index < -0.39 is 0 Å². The van der Waals surface area contributed by atoms with Crippen LogP contribution < -0.4 is 0 Å². The second-order valence-electron chi connectivity index (χ2n) is 4.29. The maximum atomic E-state index is 5.53. The largest absolute Gasteiger partial charge is 0.355 e. The molecule has 1 aliphatic rings. The first-order chi connectivity index (χ1) is 5.04. The first-order valence-electron chi connectivity index (χ1n) is 4.23. The fraction of sp³-hybridized carbons (Fsp3) is 1.00. The molecule has 66 valence electrons. The van der Waals surface area contributed by atoms with Crippen molar-refractivity contribution < 1.29 is 9.47 Å². The van der Waals surface area contributed by atoms with Crippen LogP contribution in [0, 0.1) is 11.3 Å². The van der Waals surface area contributed by atoms with Gasteiger partial charge in [0.05, 0.1) is 12.7 Å². The standard InChI is InChI=1S/C9H18O2/c1-7(2)8-9(3,4)5-10-6-11-8/h7-8H,5-6H2,1-4H3/t8-/m0/s1. The molecule has 2 heteroatoms. The van der Waals surface area contributed by atoms with Crippen molar-refractivity contribution in [1.82, 2.24) is 0 Å². The van der Waals surface area contributed by atoms with Crippen LogP contribution in [0.25, 0.3) is 0 Å². The van der Waals surface area contributed by atoms with Crippen molar-refractivity contribution in [2.45, 2.75) is 33.8 Å². The predicted molar refractivity (Wildman–Crippen MR) is 44.3 cm³/mol. The van der Waals surface area contributed by atoms with Gasteiger partial charge in [0.2, 0.25) is 0 Å². The molecule has 0 spiro atoms. The van der Waals surface area contributed by atoms with E-state index in [2.05, 4.69) is 27.7 Å². The zero-order chi connectivity index (χ0) is 8.48. The Bertz CT molecular complexity index is 130. The number of rotatable bonds is 1. The highest BCUT2D eigenvalue weighted by atomic mass is 16.7. The lowest BCUT2D eigenvalue weighted by Gasteiger charge is -2.40. The minimum atomic E-state index is 0.173. The van der Waals surface area contributed by atoms with Crippen molar-refractivity contribution in [2.24, 2.45) is 11.3 Å². The highest BCUT2D eigenvalue weighted by molar-refractivity contribution is 4.82.